The van der Waals surface area contributed by atoms with Crippen molar-refractivity contribution in [2.24, 2.45) is 5.73 Å². The van der Waals surface area contributed by atoms with Gasteiger partial charge >= 0.3 is 0 Å². The summed E-state index contributed by atoms with van der Waals surface area (Å²) < 4.78 is 0. The van der Waals surface area contributed by atoms with Crippen LogP contribution in [0.3, 0.4) is 0 Å². The van der Waals surface area contributed by atoms with Gasteiger partial charge in [-0.2, -0.15) is 0 Å². The minimum absolute atomic E-state index is 0.0898. The zero-order chi connectivity index (χ0) is 14.4. The Morgan fingerprint density at radius 1 is 1.10 bits per heavy atom. The fourth-order valence-corrected chi connectivity index (χ4v) is 3.75. The molecule has 0 fully saturated rings. The standard InChI is InChI=1S/C18H18N2O/c19-15-9-13-7-4-8-16-17(13)14(10-15)11-20(16)18(21)12-5-2-1-3-6-12/h1-8,14-15H,9-11,19H2/t14?,15-/m1/s1. The number of hydrogen-bond acceptors (Lipinski definition) is 2. The van der Waals surface area contributed by atoms with E-state index >= 15 is 0 Å². The van der Waals surface area contributed by atoms with Crippen molar-refractivity contribution in [3.8, 4) is 0 Å². The lowest BCUT2D eigenvalue weighted by Crippen LogP contribution is -2.33. The molecule has 2 aromatic carbocycles. The zero-order valence-electron chi connectivity index (χ0n) is 11.8. The minimum atomic E-state index is 0.0898. The third-order valence-electron chi connectivity index (χ3n) is 4.61. The molecule has 2 N–H and O–H groups in total. The molecular weight excluding hydrogens is 260 g/mol. The highest BCUT2D eigenvalue weighted by molar-refractivity contribution is 6.07. The molecule has 1 unspecified atom stereocenters. The van der Waals surface area contributed by atoms with E-state index in [0.717, 1.165) is 30.6 Å². The highest BCUT2D eigenvalue weighted by Gasteiger charge is 2.37. The van der Waals surface area contributed by atoms with E-state index in [-0.39, 0.29) is 11.9 Å². The molecule has 0 aromatic heterocycles. The SMILES string of the molecule is N[C@@H]1Cc2cccc3c2C(C1)CN3C(=O)c1ccccc1. The molecule has 1 heterocycles. The fraction of sp³-hybridized carbons (Fsp3) is 0.278. The number of carbonyl (C=O) groups excluding carboxylic acids is 1. The van der Waals surface area contributed by atoms with Gasteiger partial charge in [-0.25, -0.2) is 0 Å². The van der Waals surface area contributed by atoms with Crippen LogP contribution in [-0.4, -0.2) is 18.5 Å². The lowest BCUT2D eigenvalue weighted by molar-refractivity contribution is 0.0988. The lowest BCUT2D eigenvalue weighted by Gasteiger charge is -2.25. The largest absolute Gasteiger partial charge is 0.327 e. The molecule has 3 nitrogen and oxygen atoms in total. The van der Waals surface area contributed by atoms with Gasteiger partial charge in [-0.3, -0.25) is 4.79 Å². The van der Waals surface area contributed by atoms with Crippen molar-refractivity contribution in [3.63, 3.8) is 0 Å². The molecule has 3 heteroatoms. The van der Waals surface area contributed by atoms with Crippen LogP contribution in [0.4, 0.5) is 5.69 Å². The fourth-order valence-electron chi connectivity index (χ4n) is 3.75. The van der Waals surface area contributed by atoms with Gasteiger partial charge in [-0.15, -0.1) is 0 Å². The van der Waals surface area contributed by atoms with Crippen LogP contribution in [0.25, 0.3) is 0 Å². The number of carbonyl (C=O) groups is 1. The lowest BCUT2D eigenvalue weighted by atomic mass is 9.82. The summed E-state index contributed by atoms with van der Waals surface area (Å²) in [7, 11) is 0. The first-order chi connectivity index (χ1) is 10.2. The van der Waals surface area contributed by atoms with Crippen molar-refractivity contribution < 1.29 is 4.79 Å². The molecular formula is C18H18N2O. The van der Waals surface area contributed by atoms with Crippen LogP contribution in [0.15, 0.2) is 48.5 Å². The first-order valence-corrected chi connectivity index (χ1v) is 7.48. The Kier molecular flexibility index (Phi) is 2.82. The Labute approximate surface area is 124 Å². The maximum Gasteiger partial charge on any atom is 0.258 e. The number of nitrogens with zero attached hydrogens (tertiary/aromatic N) is 1. The van der Waals surface area contributed by atoms with Crippen LogP contribution in [0.2, 0.25) is 0 Å². The normalized spacial score (nSPS) is 23.0. The number of anilines is 1. The van der Waals surface area contributed by atoms with E-state index in [2.05, 4.69) is 12.1 Å². The number of hydrogen-bond donors (Lipinski definition) is 1. The molecule has 4 rings (SSSR count). The third-order valence-corrected chi connectivity index (χ3v) is 4.61. The Morgan fingerprint density at radius 3 is 2.71 bits per heavy atom. The Morgan fingerprint density at radius 2 is 1.90 bits per heavy atom. The monoisotopic (exact) mass is 278 g/mol. The molecule has 21 heavy (non-hydrogen) atoms. The van der Waals surface area contributed by atoms with Crippen molar-refractivity contribution in [2.45, 2.75) is 24.8 Å². The predicted octanol–water partition coefficient (Wildman–Crippen LogP) is 2.70. The average Bonchev–Trinajstić information content (AvgIpc) is 2.87. The molecule has 1 aliphatic carbocycles. The van der Waals surface area contributed by atoms with Crippen molar-refractivity contribution >= 4 is 11.6 Å². The molecule has 106 valence electrons. The molecule has 0 spiro atoms. The van der Waals surface area contributed by atoms with E-state index in [1.54, 1.807) is 0 Å². The van der Waals surface area contributed by atoms with Gasteiger partial charge in [-0.05, 0) is 42.2 Å². The second-order valence-corrected chi connectivity index (χ2v) is 6.03. The number of amides is 1. The van der Waals surface area contributed by atoms with Crippen molar-refractivity contribution in [3.05, 3.63) is 65.2 Å². The van der Waals surface area contributed by atoms with Crippen molar-refractivity contribution in [1.82, 2.24) is 0 Å². The molecule has 1 amide bonds. The van der Waals surface area contributed by atoms with Crippen LogP contribution < -0.4 is 10.6 Å². The molecule has 0 radical (unpaired) electrons. The van der Waals surface area contributed by atoms with Gasteiger partial charge in [0.15, 0.2) is 0 Å². The maximum absolute atomic E-state index is 12.8. The molecule has 0 bridgehead atoms. The summed E-state index contributed by atoms with van der Waals surface area (Å²) in [4.78, 5) is 14.7. The number of nitrogens with two attached hydrogens (primary N) is 1. The van der Waals surface area contributed by atoms with E-state index in [9.17, 15) is 4.79 Å². The van der Waals surface area contributed by atoms with E-state index in [1.807, 2.05) is 41.3 Å². The highest BCUT2D eigenvalue weighted by Crippen LogP contribution is 2.44. The Balaban J connectivity index is 1.76. The summed E-state index contributed by atoms with van der Waals surface area (Å²) in [6.45, 7) is 0.758. The van der Waals surface area contributed by atoms with E-state index < -0.39 is 0 Å². The van der Waals surface area contributed by atoms with Crippen LogP contribution >= 0.6 is 0 Å². The second-order valence-electron chi connectivity index (χ2n) is 6.03. The van der Waals surface area contributed by atoms with Gasteiger partial charge in [0.25, 0.3) is 5.91 Å². The maximum atomic E-state index is 12.8. The van der Waals surface area contributed by atoms with Crippen molar-refractivity contribution in [2.75, 3.05) is 11.4 Å². The van der Waals surface area contributed by atoms with Gasteiger partial charge in [-0.1, -0.05) is 30.3 Å². The number of rotatable bonds is 1. The Bertz CT molecular complexity index is 696. The van der Waals surface area contributed by atoms with Gasteiger partial charge in [0.05, 0.1) is 0 Å². The van der Waals surface area contributed by atoms with Crippen LogP contribution in [-0.2, 0) is 6.42 Å². The minimum Gasteiger partial charge on any atom is -0.327 e. The second kappa shape index (κ2) is 4.71. The first kappa shape index (κ1) is 12.6. The van der Waals surface area contributed by atoms with Crippen LogP contribution in [0, 0.1) is 0 Å². The van der Waals surface area contributed by atoms with Gasteiger partial charge in [0.2, 0.25) is 0 Å². The van der Waals surface area contributed by atoms with Crippen LogP contribution in [0.5, 0.6) is 0 Å². The quantitative estimate of drug-likeness (QED) is 0.871. The summed E-state index contributed by atoms with van der Waals surface area (Å²) in [5.41, 5.74) is 10.7. The molecule has 2 atom stereocenters. The molecule has 0 saturated heterocycles. The van der Waals surface area contributed by atoms with E-state index in [0.29, 0.717) is 5.92 Å². The van der Waals surface area contributed by atoms with Gasteiger partial charge < -0.3 is 10.6 Å². The number of benzene rings is 2. The van der Waals surface area contributed by atoms with E-state index in [4.69, 9.17) is 5.73 Å². The molecule has 1 aliphatic heterocycles. The van der Waals surface area contributed by atoms with Gasteiger partial charge in [0, 0.05) is 29.8 Å². The first-order valence-electron chi connectivity index (χ1n) is 7.48. The third kappa shape index (κ3) is 1.96. The van der Waals surface area contributed by atoms with E-state index in [1.165, 1.54) is 11.1 Å². The van der Waals surface area contributed by atoms with Gasteiger partial charge in [0.1, 0.15) is 0 Å². The smallest absolute Gasteiger partial charge is 0.258 e. The molecule has 2 aliphatic rings. The summed E-state index contributed by atoms with van der Waals surface area (Å²) >= 11 is 0. The summed E-state index contributed by atoms with van der Waals surface area (Å²) in [5, 5.41) is 0. The highest BCUT2D eigenvalue weighted by atomic mass is 16.2. The summed E-state index contributed by atoms with van der Waals surface area (Å²) in [6, 6.07) is 16.0. The van der Waals surface area contributed by atoms with Crippen LogP contribution in [0.1, 0.15) is 33.8 Å². The van der Waals surface area contributed by atoms with Crippen molar-refractivity contribution in [1.29, 1.82) is 0 Å². The average molecular weight is 278 g/mol. The molecule has 0 saturated carbocycles. The zero-order valence-corrected chi connectivity index (χ0v) is 11.8. The predicted molar refractivity (Wildman–Crippen MR) is 83.6 cm³/mol. The summed E-state index contributed by atoms with van der Waals surface area (Å²) in [6.07, 6.45) is 1.90. The molecule has 2 aromatic rings. The Hall–Kier alpha value is -2.13. The summed E-state index contributed by atoms with van der Waals surface area (Å²) in [5.74, 6) is 0.486. The topological polar surface area (TPSA) is 46.3 Å².